The van der Waals surface area contributed by atoms with Crippen molar-refractivity contribution in [1.29, 1.82) is 5.26 Å². The van der Waals surface area contributed by atoms with E-state index in [1.54, 1.807) is 0 Å². The minimum atomic E-state index is -0.344. The molecule has 0 heterocycles. The Morgan fingerprint density at radius 3 is 2.54 bits per heavy atom. The highest BCUT2D eigenvalue weighted by atomic mass is 79.9. The second-order valence-electron chi connectivity index (χ2n) is 2.90. The Hall–Kier alpha value is -0.850. The van der Waals surface area contributed by atoms with Gasteiger partial charge >= 0.3 is 0 Å². The van der Waals surface area contributed by atoms with Gasteiger partial charge in [0, 0.05) is 4.47 Å². The summed E-state index contributed by atoms with van der Waals surface area (Å²) in [5, 5.41) is 8.47. The van der Waals surface area contributed by atoms with Gasteiger partial charge in [0.25, 0.3) is 0 Å². The predicted octanol–water partition coefficient (Wildman–Crippen LogP) is 2.23. The molecule has 0 saturated carbocycles. The van der Waals surface area contributed by atoms with Gasteiger partial charge in [-0.1, -0.05) is 28.1 Å². The zero-order valence-corrected chi connectivity index (χ0v) is 8.79. The molecule has 2 nitrogen and oxygen atoms in total. The highest BCUT2D eigenvalue weighted by molar-refractivity contribution is 9.10. The molecule has 1 aromatic rings. The van der Waals surface area contributed by atoms with Gasteiger partial charge in [0.2, 0.25) is 0 Å². The van der Waals surface area contributed by atoms with Crippen molar-refractivity contribution < 1.29 is 0 Å². The van der Waals surface area contributed by atoms with Crippen molar-refractivity contribution in [1.82, 2.24) is 0 Å². The first kappa shape index (κ1) is 10.2. The standard InChI is InChI=1S/C10H11BrN2/c11-9-4-1-8(2-5-9)3-6-10(13)7-12/h1-2,4-5,10H,3,6,13H2. The van der Waals surface area contributed by atoms with Gasteiger partial charge in [0.05, 0.1) is 12.1 Å². The van der Waals surface area contributed by atoms with Gasteiger partial charge < -0.3 is 5.73 Å². The predicted molar refractivity (Wildman–Crippen MR) is 56.1 cm³/mol. The smallest absolute Gasteiger partial charge is 0.0931 e. The third kappa shape index (κ3) is 3.58. The molecule has 1 atom stereocenters. The van der Waals surface area contributed by atoms with Gasteiger partial charge in [-0.3, -0.25) is 0 Å². The molecule has 0 aliphatic rings. The SMILES string of the molecule is N#CC(N)CCc1ccc(Br)cc1. The Labute approximate surface area is 86.5 Å². The maximum absolute atomic E-state index is 8.47. The van der Waals surface area contributed by atoms with Crippen molar-refractivity contribution in [2.75, 3.05) is 0 Å². The quantitative estimate of drug-likeness (QED) is 0.879. The molecule has 3 heteroatoms. The molecule has 0 amide bonds. The zero-order chi connectivity index (χ0) is 9.68. The van der Waals surface area contributed by atoms with Gasteiger partial charge in [0.1, 0.15) is 0 Å². The van der Waals surface area contributed by atoms with Crippen molar-refractivity contribution in [2.45, 2.75) is 18.9 Å². The molecule has 0 aliphatic carbocycles. The molecule has 2 N–H and O–H groups in total. The van der Waals surface area contributed by atoms with Crippen molar-refractivity contribution in [3.05, 3.63) is 34.3 Å². The van der Waals surface area contributed by atoms with Crippen molar-refractivity contribution in [3.8, 4) is 6.07 Å². The van der Waals surface area contributed by atoms with Gasteiger partial charge in [-0.2, -0.15) is 5.26 Å². The van der Waals surface area contributed by atoms with E-state index in [9.17, 15) is 0 Å². The summed E-state index contributed by atoms with van der Waals surface area (Å²) in [7, 11) is 0. The summed E-state index contributed by atoms with van der Waals surface area (Å²) in [6.45, 7) is 0. The summed E-state index contributed by atoms with van der Waals surface area (Å²) in [4.78, 5) is 0. The van der Waals surface area contributed by atoms with Gasteiger partial charge in [-0.05, 0) is 30.5 Å². The lowest BCUT2D eigenvalue weighted by molar-refractivity contribution is 0.731. The van der Waals surface area contributed by atoms with E-state index in [1.807, 2.05) is 30.3 Å². The van der Waals surface area contributed by atoms with Crippen LogP contribution in [-0.2, 0) is 6.42 Å². The fourth-order valence-corrected chi connectivity index (χ4v) is 1.30. The minimum Gasteiger partial charge on any atom is -0.316 e. The number of benzene rings is 1. The fourth-order valence-electron chi connectivity index (χ4n) is 1.04. The van der Waals surface area contributed by atoms with Crippen LogP contribution in [0.25, 0.3) is 0 Å². The molecule has 0 aliphatic heterocycles. The molecule has 0 spiro atoms. The van der Waals surface area contributed by atoms with Crippen molar-refractivity contribution in [3.63, 3.8) is 0 Å². The number of aryl methyl sites for hydroxylation is 1. The van der Waals surface area contributed by atoms with Crippen molar-refractivity contribution >= 4 is 15.9 Å². The monoisotopic (exact) mass is 238 g/mol. The number of nitrogens with two attached hydrogens (primary N) is 1. The number of hydrogen-bond donors (Lipinski definition) is 1. The summed E-state index contributed by atoms with van der Waals surface area (Å²) in [5.74, 6) is 0. The van der Waals surface area contributed by atoms with Crippen LogP contribution in [0.4, 0.5) is 0 Å². The topological polar surface area (TPSA) is 49.8 Å². The first-order valence-electron chi connectivity index (χ1n) is 4.12. The Bertz CT molecular complexity index is 300. The van der Waals surface area contributed by atoms with Crippen LogP contribution in [0.15, 0.2) is 28.7 Å². The van der Waals surface area contributed by atoms with Gasteiger partial charge in [0.15, 0.2) is 0 Å². The van der Waals surface area contributed by atoms with Crippen LogP contribution in [0.3, 0.4) is 0 Å². The maximum atomic E-state index is 8.47. The summed E-state index contributed by atoms with van der Waals surface area (Å²) in [6.07, 6.45) is 1.58. The van der Waals surface area contributed by atoms with Crippen LogP contribution in [-0.4, -0.2) is 6.04 Å². The molecule has 0 aromatic heterocycles. The Kier molecular flexibility index (Phi) is 3.94. The number of nitrogens with zero attached hydrogens (tertiary/aromatic N) is 1. The van der Waals surface area contributed by atoms with E-state index >= 15 is 0 Å². The first-order chi connectivity index (χ1) is 6.22. The summed E-state index contributed by atoms with van der Waals surface area (Å²) in [6, 6.07) is 9.73. The normalized spacial score (nSPS) is 12.1. The summed E-state index contributed by atoms with van der Waals surface area (Å²) in [5.41, 5.74) is 6.70. The Balaban J connectivity index is 2.47. The van der Waals surface area contributed by atoms with E-state index in [-0.39, 0.29) is 6.04 Å². The third-order valence-corrected chi connectivity index (χ3v) is 2.35. The van der Waals surface area contributed by atoms with E-state index in [0.29, 0.717) is 0 Å². The average Bonchev–Trinajstić information content (AvgIpc) is 2.16. The fraction of sp³-hybridized carbons (Fsp3) is 0.300. The second kappa shape index (κ2) is 5.00. The molecular weight excluding hydrogens is 228 g/mol. The minimum absolute atomic E-state index is 0.344. The Morgan fingerprint density at radius 2 is 2.00 bits per heavy atom. The van der Waals surface area contributed by atoms with Crippen LogP contribution in [0.2, 0.25) is 0 Å². The molecule has 0 fully saturated rings. The molecule has 0 radical (unpaired) electrons. The number of rotatable bonds is 3. The van der Waals surface area contributed by atoms with E-state index in [1.165, 1.54) is 5.56 Å². The molecule has 68 valence electrons. The van der Waals surface area contributed by atoms with Crippen LogP contribution >= 0.6 is 15.9 Å². The molecular formula is C10H11BrN2. The largest absolute Gasteiger partial charge is 0.316 e. The molecule has 1 rings (SSSR count). The van der Waals surface area contributed by atoms with Crippen LogP contribution in [0, 0.1) is 11.3 Å². The molecule has 13 heavy (non-hydrogen) atoms. The van der Waals surface area contributed by atoms with Gasteiger partial charge in [-0.25, -0.2) is 0 Å². The lowest BCUT2D eigenvalue weighted by atomic mass is 10.1. The van der Waals surface area contributed by atoms with Crippen molar-refractivity contribution in [2.24, 2.45) is 5.73 Å². The zero-order valence-electron chi connectivity index (χ0n) is 7.20. The summed E-state index contributed by atoms with van der Waals surface area (Å²) < 4.78 is 1.07. The molecule has 0 bridgehead atoms. The second-order valence-corrected chi connectivity index (χ2v) is 3.82. The molecule has 1 unspecified atom stereocenters. The highest BCUT2D eigenvalue weighted by Crippen LogP contribution is 2.11. The van der Waals surface area contributed by atoms with E-state index < -0.39 is 0 Å². The number of hydrogen-bond acceptors (Lipinski definition) is 2. The first-order valence-corrected chi connectivity index (χ1v) is 4.91. The third-order valence-electron chi connectivity index (χ3n) is 1.82. The molecule has 1 aromatic carbocycles. The molecule has 0 saturated heterocycles. The van der Waals surface area contributed by atoms with E-state index in [0.717, 1.165) is 17.3 Å². The van der Waals surface area contributed by atoms with Gasteiger partial charge in [-0.15, -0.1) is 0 Å². The Morgan fingerprint density at radius 1 is 1.38 bits per heavy atom. The van der Waals surface area contributed by atoms with Crippen LogP contribution < -0.4 is 5.73 Å². The number of halogens is 1. The van der Waals surface area contributed by atoms with Crippen LogP contribution in [0.1, 0.15) is 12.0 Å². The lowest BCUT2D eigenvalue weighted by Crippen LogP contribution is -2.17. The summed E-state index contributed by atoms with van der Waals surface area (Å²) >= 11 is 3.36. The lowest BCUT2D eigenvalue weighted by Gasteiger charge is -2.02. The average molecular weight is 239 g/mol. The van der Waals surface area contributed by atoms with E-state index in [2.05, 4.69) is 15.9 Å². The van der Waals surface area contributed by atoms with Crippen LogP contribution in [0.5, 0.6) is 0 Å². The van der Waals surface area contributed by atoms with E-state index in [4.69, 9.17) is 11.0 Å². The maximum Gasteiger partial charge on any atom is 0.0931 e. The highest BCUT2D eigenvalue weighted by Gasteiger charge is 2.00. The number of nitriles is 1.